The average Bonchev–Trinajstić information content (AvgIpc) is 3.55. The van der Waals surface area contributed by atoms with E-state index in [1.165, 1.54) is 0 Å². The zero-order valence-corrected chi connectivity index (χ0v) is 25.3. The Labute approximate surface area is 266 Å². The number of carbonyl (C=O) groups excluding carboxylic acids is 1. The van der Waals surface area contributed by atoms with E-state index in [9.17, 15) is 4.79 Å². The first-order valence-corrected chi connectivity index (χ1v) is 15.1. The minimum atomic E-state index is -0.336. The molecule has 2 N–H and O–H groups in total. The molecule has 0 saturated carbocycles. The van der Waals surface area contributed by atoms with Crippen LogP contribution in [0.25, 0.3) is 33.5 Å². The highest BCUT2D eigenvalue weighted by molar-refractivity contribution is 6.07. The van der Waals surface area contributed by atoms with Crippen molar-refractivity contribution >= 4 is 34.5 Å². The van der Waals surface area contributed by atoms with Crippen LogP contribution in [0, 0.1) is 0 Å². The highest BCUT2D eigenvalue weighted by Gasteiger charge is 2.20. The van der Waals surface area contributed by atoms with Crippen LogP contribution in [-0.2, 0) is 11.3 Å². The lowest BCUT2D eigenvalue weighted by Gasteiger charge is -2.24. The van der Waals surface area contributed by atoms with Gasteiger partial charge in [0.15, 0.2) is 5.58 Å². The SMILES string of the molecule is COc1ccc(CNc2ccc(-c3cccc(C(=O)Nc4cc5oc(N6CCOCC6)nc5cc4-c4ccccc4)n3)cn2)cc1. The predicted molar refractivity (Wildman–Crippen MR) is 178 cm³/mol. The maximum absolute atomic E-state index is 13.6. The molecule has 0 bridgehead atoms. The van der Waals surface area contributed by atoms with Crippen molar-refractivity contribution in [3.05, 3.63) is 115 Å². The van der Waals surface area contributed by atoms with Crippen molar-refractivity contribution in [1.82, 2.24) is 15.0 Å². The van der Waals surface area contributed by atoms with Crippen LogP contribution >= 0.6 is 0 Å². The maximum Gasteiger partial charge on any atom is 0.298 e. The lowest BCUT2D eigenvalue weighted by Crippen LogP contribution is -2.36. The standard InChI is InChI=1S/C36H32N6O4/c1-44-27-13-10-24(11-14-27)22-37-34-15-12-26(23-38-34)29-8-5-9-30(39-29)35(43)40-31-21-33-32(20-28(31)25-6-3-2-4-7-25)41-36(46-33)42-16-18-45-19-17-42/h2-15,20-21,23H,16-19,22H2,1H3,(H,37,38)(H,40,43). The van der Waals surface area contributed by atoms with Gasteiger partial charge in [0, 0.05) is 43.0 Å². The van der Waals surface area contributed by atoms with Crippen LogP contribution in [0.2, 0.25) is 0 Å². The largest absolute Gasteiger partial charge is 0.497 e. The van der Waals surface area contributed by atoms with Gasteiger partial charge < -0.3 is 29.4 Å². The molecule has 1 fully saturated rings. The highest BCUT2D eigenvalue weighted by atomic mass is 16.5. The van der Waals surface area contributed by atoms with E-state index >= 15 is 0 Å². The summed E-state index contributed by atoms with van der Waals surface area (Å²) in [6.07, 6.45) is 1.75. The van der Waals surface area contributed by atoms with Gasteiger partial charge in [-0.15, -0.1) is 0 Å². The molecular formula is C36H32N6O4. The number of benzene rings is 3. The zero-order valence-electron chi connectivity index (χ0n) is 25.3. The number of oxazole rings is 1. The number of carbonyl (C=O) groups is 1. The van der Waals surface area contributed by atoms with Crippen LogP contribution < -0.4 is 20.3 Å². The maximum atomic E-state index is 13.6. The van der Waals surface area contributed by atoms with Gasteiger partial charge in [0.1, 0.15) is 22.8 Å². The Balaban J connectivity index is 1.10. The molecule has 0 unspecified atom stereocenters. The Bertz CT molecular complexity index is 1950. The zero-order chi connectivity index (χ0) is 31.3. The summed E-state index contributed by atoms with van der Waals surface area (Å²) in [6, 6.07) is 31.3. The van der Waals surface area contributed by atoms with Gasteiger partial charge in [-0.2, -0.15) is 4.98 Å². The molecular weight excluding hydrogens is 580 g/mol. The van der Waals surface area contributed by atoms with Crippen molar-refractivity contribution in [2.45, 2.75) is 6.54 Å². The van der Waals surface area contributed by atoms with E-state index < -0.39 is 0 Å². The van der Waals surface area contributed by atoms with E-state index in [1.807, 2.05) is 91.0 Å². The van der Waals surface area contributed by atoms with Crippen molar-refractivity contribution in [2.24, 2.45) is 0 Å². The van der Waals surface area contributed by atoms with Crippen LogP contribution in [0.1, 0.15) is 16.1 Å². The van der Waals surface area contributed by atoms with E-state index in [2.05, 4.69) is 25.5 Å². The molecule has 1 aliphatic heterocycles. The van der Waals surface area contributed by atoms with Crippen LogP contribution in [0.3, 0.4) is 0 Å². The van der Waals surface area contributed by atoms with E-state index in [1.54, 1.807) is 19.4 Å². The van der Waals surface area contributed by atoms with Gasteiger partial charge in [-0.25, -0.2) is 9.97 Å². The van der Waals surface area contributed by atoms with Gasteiger partial charge >= 0.3 is 0 Å². The Morgan fingerprint density at radius 2 is 1.72 bits per heavy atom. The number of anilines is 3. The molecule has 230 valence electrons. The fourth-order valence-electron chi connectivity index (χ4n) is 5.31. The molecule has 0 spiro atoms. The molecule has 0 atom stereocenters. The fourth-order valence-corrected chi connectivity index (χ4v) is 5.31. The van der Waals surface area contributed by atoms with E-state index in [4.69, 9.17) is 18.9 Å². The number of morpholine rings is 1. The van der Waals surface area contributed by atoms with Crippen LogP contribution in [-0.4, -0.2) is 54.3 Å². The van der Waals surface area contributed by atoms with Crippen molar-refractivity contribution < 1.29 is 18.7 Å². The number of nitrogens with one attached hydrogen (secondary N) is 2. The van der Waals surface area contributed by atoms with Crippen molar-refractivity contribution in [2.75, 3.05) is 48.9 Å². The van der Waals surface area contributed by atoms with Crippen molar-refractivity contribution in [1.29, 1.82) is 0 Å². The van der Waals surface area contributed by atoms with Gasteiger partial charge in [-0.3, -0.25) is 4.79 Å². The molecule has 10 nitrogen and oxygen atoms in total. The monoisotopic (exact) mass is 612 g/mol. The minimum absolute atomic E-state index is 0.282. The molecule has 46 heavy (non-hydrogen) atoms. The molecule has 7 rings (SSSR count). The lowest BCUT2D eigenvalue weighted by atomic mass is 10.0. The summed E-state index contributed by atoms with van der Waals surface area (Å²) in [6.45, 7) is 3.31. The number of rotatable bonds is 9. The van der Waals surface area contributed by atoms with Crippen molar-refractivity contribution in [3.8, 4) is 28.1 Å². The summed E-state index contributed by atoms with van der Waals surface area (Å²) >= 11 is 0. The first-order valence-electron chi connectivity index (χ1n) is 15.1. The number of hydrogen-bond acceptors (Lipinski definition) is 9. The third-order valence-corrected chi connectivity index (χ3v) is 7.80. The second-order valence-corrected chi connectivity index (χ2v) is 10.8. The average molecular weight is 613 g/mol. The quantitative estimate of drug-likeness (QED) is 0.185. The molecule has 6 aromatic rings. The van der Waals surface area contributed by atoms with Gasteiger partial charge in [-0.05, 0) is 53.6 Å². The molecule has 1 amide bonds. The summed E-state index contributed by atoms with van der Waals surface area (Å²) < 4.78 is 16.8. The normalized spacial score (nSPS) is 13.0. The van der Waals surface area contributed by atoms with Gasteiger partial charge in [0.2, 0.25) is 0 Å². The number of nitrogens with zero attached hydrogens (tertiary/aromatic N) is 4. The number of methoxy groups -OCH3 is 1. The third-order valence-electron chi connectivity index (χ3n) is 7.80. The highest BCUT2D eigenvalue weighted by Crippen LogP contribution is 2.35. The Morgan fingerprint density at radius 1 is 0.891 bits per heavy atom. The molecule has 0 radical (unpaired) electrons. The van der Waals surface area contributed by atoms with E-state index in [-0.39, 0.29) is 11.6 Å². The summed E-state index contributed by atoms with van der Waals surface area (Å²) in [7, 11) is 1.65. The summed E-state index contributed by atoms with van der Waals surface area (Å²) in [5, 5.41) is 6.41. The second kappa shape index (κ2) is 13.1. The lowest BCUT2D eigenvalue weighted by molar-refractivity contribution is 0.102. The molecule has 0 aliphatic carbocycles. The second-order valence-electron chi connectivity index (χ2n) is 10.8. The Morgan fingerprint density at radius 3 is 2.48 bits per heavy atom. The van der Waals surface area contributed by atoms with Gasteiger partial charge in [0.05, 0.1) is 31.7 Å². The molecule has 10 heteroatoms. The fraction of sp³-hybridized carbons (Fsp3) is 0.167. The van der Waals surface area contributed by atoms with E-state index in [0.717, 1.165) is 33.8 Å². The van der Waals surface area contributed by atoms with Crippen LogP contribution in [0.4, 0.5) is 17.5 Å². The summed E-state index contributed by atoms with van der Waals surface area (Å²) in [4.78, 5) is 29.6. The van der Waals surface area contributed by atoms with Crippen LogP contribution in [0.15, 0.2) is 108 Å². The predicted octanol–water partition coefficient (Wildman–Crippen LogP) is 6.66. The number of ether oxygens (including phenoxy) is 2. The molecule has 1 aliphatic rings. The molecule has 1 saturated heterocycles. The first-order chi connectivity index (χ1) is 22.6. The first kappa shape index (κ1) is 29.0. The number of fused-ring (bicyclic) bond motifs is 1. The topological polar surface area (TPSA) is 115 Å². The Kier molecular flexibility index (Phi) is 8.25. The Hall–Kier alpha value is -5.74. The molecule has 4 heterocycles. The third kappa shape index (κ3) is 6.38. The smallest absolute Gasteiger partial charge is 0.298 e. The number of hydrogen-bond donors (Lipinski definition) is 2. The van der Waals surface area contributed by atoms with Crippen molar-refractivity contribution in [3.63, 3.8) is 0 Å². The number of pyridine rings is 2. The summed E-state index contributed by atoms with van der Waals surface area (Å²) in [5.41, 5.74) is 6.53. The molecule has 3 aromatic heterocycles. The number of amides is 1. The number of aromatic nitrogens is 3. The van der Waals surface area contributed by atoms with E-state index in [0.29, 0.717) is 61.3 Å². The van der Waals surface area contributed by atoms with Gasteiger partial charge in [0.25, 0.3) is 11.9 Å². The van der Waals surface area contributed by atoms with Crippen LogP contribution in [0.5, 0.6) is 5.75 Å². The summed E-state index contributed by atoms with van der Waals surface area (Å²) in [5.74, 6) is 1.22. The molecule has 3 aromatic carbocycles. The minimum Gasteiger partial charge on any atom is -0.497 e. The van der Waals surface area contributed by atoms with Gasteiger partial charge in [-0.1, -0.05) is 48.5 Å².